The lowest BCUT2D eigenvalue weighted by atomic mass is 10.2. The molecule has 0 unspecified atom stereocenters. The molecule has 2 N–H and O–H groups in total. The molecule has 0 saturated heterocycles. The van der Waals surface area contributed by atoms with Crippen LogP contribution in [-0.2, 0) is 0 Å². The maximum absolute atomic E-state index is 5.63. The summed E-state index contributed by atoms with van der Waals surface area (Å²) in [7, 11) is 0. The Hall–Kier alpha value is -0.530. The largest absolute Gasteiger partial charge is 0.330 e. The van der Waals surface area contributed by atoms with Gasteiger partial charge in [-0.3, -0.25) is 0 Å². The van der Waals surface area contributed by atoms with E-state index in [-0.39, 0.29) is 0 Å². The van der Waals surface area contributed by atoms with Crippen molar-refractivity contribution in [3.63, 3.8) is 0 Å². The SMILES string of the molecule is C=C/C(=C\C=C(/C)Cl)CCN. The number of hydrogen-bond acceptors (Lipinski definition) is 1. The molecule has 0 aromatic heterocycles. The summed E-state index contributed by atoms with van der Waals surface area (Å²) in [5.74, 6) is 0. The van der Waals surface area contributed by atoms with Gasteiger partial charge in [0.05, 0.1) is 0 Å². The zero-order chi connectivity index (χ0) is 8.69. The highest BCUT2D eigenvalue weighted by atomic mass is 35.5. The molecule has 0 aromatic carbocycles. The van der Waals surface area contributed by atoms with Crippen molar-refractivity contribution in [2.45, 2.75) is 13.3 Å². The summed E-state index contributed by atoms with van der Waals surface area (Å²) in [5, 5.41) is 0.765. The van der Waals surface area contributed by atoms with Gasteiger partial charge < -0.3 is 5.73 Å². The van der Waals surface area contributed by atoms with Gasteiger partial charge in [0.15, 0.2) is 0 Å². The van der Waals surface area contributed by atoms with Gasteiger partial charge in [-0.15, -0.1) is 0 Å². The molecule has 0 aromatic rings. The van der Waals surface area contributed by atoms with Crippen molar-refractivity contribution >= 4 is 11.6 Å². The molecule has 0 aliphatic rings. The van der Waals surface area contributed by atoms with Gasteiger partial charge in [-0.2, -0.15) is 0 Å². The van der Waals surface area contributed by atoms with E-state index in [2.05, 4.69) is 6.58 Å². The minimum Gasteiger partial charge on any atom is -0.330 e. The Bertz CT molecular complexity index is 176. The first-order valence-corrected chi connectivity index (χ1v) is 3.94. The van der Waals surface area contributed by atoms with Gasteiger partial charge >= 0.3 is 0 Å². The van der Waals surface area contributed by atoms with Crippen LogP contribution < -0.4 is 5.73 Å². The Labute approximate surface area is 73.2 Å². The quantitative estimate of drug-likeness (QED) is 0.647. The molecule has 0 rings (SSSR count). The fraction of sp³-hybridized carbons (Fsp3) is 0.333. The second-order valence-electron chi connectivity index (χ2n) is 2.24. The average molecular weight is 172 g/mol. The van der Waals surface area contributed by atoms with Gasteiger partial charge in [-0.05, 0) is 31.5 Å². The summed E-state index contributed by atoms with van der Waals surface area (Å²) >= 11 is 5.63. The van der Waals surface area contributed by atoms with Gasteiger partial charge in [-0.1, -0.05) is 30.3 Å². The molecule has 0 aliphatic heterocycles. The van der Waals surface area contributed by atoms with Gasteiger partial charge in [0.2, 0.25) is 0 Å². The second kappa shape index (κ2) is 6.20. The summed E-state index contributed by atoms with van der Waals surface area (Å²) in [4.78, 5) is 0. The van der Waals surface area contributed by atoms with E-state index in [0.717, 1.165) is 17.0 Å². The van der Waals surface area contributed by atoms with Crippen LogP contribution in [0.2, 0.25) is 0 Å². The number of allylic oxidation sites excluding steroid dienone is 4. The zero-order valence-electron chi connectivity index (χ0n) is 6.81. The van der Waals surface area contributed by atoms with Crippen LogP contribution in [0, 0.1) is 0 Å². The Balaban J connectivity index is 4.11. The van der Waals surface area contributed by atoms with Crippen molar-refractivity contribution in [2.24, 2.45) is 5.73 Å². The van der Waals surface area contributed by atoms with Crippen molar-refractivity contribution in [2.75, 3.05) is 6.54 Å². The molecular formula is C9H14ClN. The second-order valence-corrected chi connectivity index (χ2v) is 2.83. The van der Waals surface area contributed by atoms with Crippen molar-refractivity contribution in [3.05, 3.63) is 35.4 Å². The van der Waals surface area contributed by atoms with Crippen LogP contribution in [0.25, 0.3) is 0 Å². The smallest absolute Gasteiger partial charge is 0.0150 e. The van der Waals surface area contributed by atoms with Gasteiger partial charge in [0.25, 0.3) is 0 Å². The van der Waals surface area contributed by atoms with Gasteiger partial charge in [-0.25, -0.2) is 0 Å². The normalized spacial score (nSPS) is 13.4. The van der Waals surface area contributed by atoms with E-state index in [4.69, 9.17) is 17.3 Å². The zero-order valence-corrected chi connectivity index (χ0v) is 7.56. The van der Waals surface area contributed by atoms with Crippen LogP contribution in [0.3, 0.4) is 0 Å². The molecular weight excluding hydrogens is 158 g/mol. The van der Waals surface area contributed by atoms with Crippen molar-refractivity contribution in [3.8, 4) is 0 Å². The minimum absolute atomic E-state index is 0.646. The fourth-order valence-electron chi connectivity index (χ4n) is 0.642. The van der Waals surface area contributed by atoms with Crippen LogP contribution in [0.4, 0.5) is 0 Å². The minimum atomic E-state index is 0.646. The first-order valence-electron chi connectivity index (χ1n) is 3.56. The molecule has 0 spiro atoms. The third-order valence-corrected chi connectivity index (χ3v) is 1.35. The predicted octanol–water partition coefficient (Wildman–Crippen LogP) is 2.59. The summed E-state index contributed by atoms with van der Waals surface area (Å²) < 4.78 is 0. The lowest BCUT2D eigenvalue weighted by Crippen LogP contribution is -1.98. The Morgan fingerprint density at radius 3 is 2.55 bits per heavy atom. The molecule has 0 heterocycles. The molecule has 0 atom stereocenters. The third-order valence-electron chi connectivity index (χ3n) is 1.22. The summed E-state index contributed by atoms with van der Waals surface area (Å²) in [5.41, 5.74) is 6.49. The van der Waals surface area contributed by atoms with E-state index >= 15 is 0 Å². The molecule has 0 fully saturated rings. The molecule has 62 valence electrons. The standard InChI is InChI=1S/C9H14ClN/c1-3-9(6-7-11)5-4-8(2)10/h3-5H,1,6-7,11H2,2H3/b8-4+,9-5+. The highest BCUT2D eigenvalue weighted by Gasteiger charge is 1.86. The van der Waals surface area contributed by atoms with Crippen molar-refractivity contribution < 1.29 is 0 Å². The van der Waals surface area contributed by atoms with E-state index in [9.17, 15) is 0 Å². The molecule has 0 aliphatic carbocycles. The first kappa shape index (κ1) is 10.5. The predicted molar refractivity (Wildman–Crippen MR) is 51.6 cm³/mol. The van der Waals surface area contributed by atoms with Crippen LogP contribution in [-0.4, -0.2) is 6.54 Å². The number of nitrogens with two attached hydrogens (primary N) is 1. The van der Waals surface area contributed by atoms with E-state index in [1.54, 1.807) is 6.08 Å². The summed E-state index contributed by atoms with van der Waals surface area (Å²) in [6.07, 6.45) is 6.42. The van der Waals surface area contributed by atoms with Crippen LogP contribution in [0.15, 0.2) is 35.4 Å². The number of halogens is 1. The van der Waals surface area contributed by atoms with E-state index < -0.39 is 0 Å². The molecule has 1 nitrogen and oxygen atoms in total. The summed E-state index contributed by atoms with van der Waals surface area (Å²) in [6.45, 7) is 6.14. The van der Waals surface area contributed by atoms with E-state index in [1.165, 1.54) is 0 Å². The monoisotopic (exact) mass is 171 g/mol. The van der Waals surface area contributed by atoms with Crippen LogP contribution in [0.5, 0.6) is 0 Å². The average Bonchev–Trinajstić information content (AvgIpc) is 1.97. The first-order chi connectivity index (χ1) is 5.20. The third kappa shape index (κ3) is 5.89. The molecule has 11 heavy (non-hydrogen) atoms. The topological polar surface area (TPSA) is 26.0 Å². The molecule has 0 amide bonds. The van der Waals surface area contributed by atoms with Crippen LogP contribution >= 0.6 is 11.6 Å². The lowest BCUT2D eigenvalue weighted by Gasteiger charge is -1.95. The molecule has 0 radical (unpaired) electrons. The van der Waals surface area contributed by atoms with Crippen molar-refractivity contribution in [1.29, 1.82) is 0 Å². The van der Waals surface area contributed by atoms with Crippen molar-refractivity contribution in [1.82, 2.24) is 0 Å². The molecule has 2 heteroatoms. The molecule has 0 bridgehead atoms. The lowest BCUT2D eigenvalue weighted by molar-refractivity contribution is 0.974. The maximum atomic E-state index is 5.63. The maximum Gasteiger partial charge on any atom is 0.0150 e. The highest BCUT2D eigenvalue weighted by Crippen LogP contribution is 2.04. The Morgan fingerprint density at radius 1 is 1.55 bits per heavy atom. The summed E-state index contributed by atoms with van der Waals surface area (Å²) in [6, 6.07) is 0. The van der Waals surface area contributed by atoms with E-state index in [0.29, 0.717) is 6.54 Å². The Morgan fingerprint density at radius 2 is 2.18 bits per heavy atom. The van der Waals surface area contributed by atoms with Crippen LogP contribution in [0.1, 0.15) is 13.3 Å². The number of rotatable bonds is 4. The van der Waals surface area contributed by atoms with Gasteiger partial charge in [0, 0.05) is 5.03 Å². The number of hydrogen-bond donors (Lipinski definition) is 1. The highest BCUT2D eigenvalue weighted by molar-refractivity contribution is 6.29. The Kier molecular flexibility index (Phi) is 5.90. The van der Waals surface area contributed by atoms with E-state index in [1.807, 2.05) is 19.1 Å². The van der Waals surface area contributed by atoms with Gasteiger partial charge in [0.1, 0.15) is 0 Å². The fourth-order valence-corrected chi connectivity index (χ4v) is 0.705. The molecule has 0 saturated carbocycles.